The third-order valence-corrected chi connectivity index (χ3v) is 6.94. The zero-order valence-electron chi connectivity index (χ0n) is 12.0. The number of hydrogen-bond acceptors (Lipinski definition) is 0. The van der Waals surface area contributed by atoms with Crippen LogP contribution in [-0.2, 0) is 0 Å². The van der Waals surface area contributed by atoms with Crippen LogP contribution in [0.3, 0.4) is 0 Å². The summed E-state index contributed by atoms with van der Waals surface area (Å²) >= 11 is 5.90. The van der Waals surface area contributed by atoms with Gasteiger partial charge in [-0.15, -0.1) is 23.1 Å². The lowest BCUT2D eigenvalue weighted by Crippen LogP contribution is -2.20. The summed E-state index contributed by atoms with van der Waals surface area (Å²) in [7, 11) is -1.18. The summed E-state index contributed by atoms with van der Waals surface area (Å²) in [6.07, 6.45) is 8.25. The summed E-state index contributed by atoms with van der Waals surface area (Å²) in [6.45, 7) is 7.04. The van der Waals surface area contributed by atoms with E-state index in [4.69, 9.17) is 11.6 Å². The monoisotopic (exact) mass is 280 g/mol. The smallest absolute Gasteiger partial charge is 0.129 e. The molecule has 0 saturated heterocycles. The van der Waals surface area contributed by atoms with E-state index in [2.05, 4.69) is 31.1 Å². The van der Waals surface area contributed by atoms with Crippen LogP contribution in [0.2, 0.25) is 19.6 Å². The SMILES string of the molecule is C[Si](C)(C)C#CCC12C3CCCC1C32CCCCl. The van der Waals surface area contributed by atoms with Crippen LogP contribution in [0.5, 0.6) is 0 Å². The highest BCUT2D eigenvalue weighted by molar-refractivity contribution is 6.83. The minimum Gasteiger partial charge on any atom is -0.132 e. The summed E-state index contributed by atoms with van der Waals surface area (Å²) in [6, 6.07) is 0. The van der Waals surface area contributed by atoms with Crippen LogP contribution in [0.15, 0.2) is 0 Å². The Morgan fingerprint density at radius 3 is 2.39 bits per heavy atom. The van der Waals surface area contributed by atoms with Gasteiger partial charge in [-0.05, 0) is 48.3 Å². The summed E-state index contributed by atoms with van der Waals surface area (Å²) in [5, 5.41) is 0. The lowest BCUT2D eigenvalue weighted by atomic mass is 9.77. The Hall–Kier alpha value is 0.0669. The van der Waals surface area contributed by atoms with E-state index < -0.39 is 8.07 Å². The van der Waals surface area contributed by atoms with E-state index in [9.17, 15) is 0 Å². The zero-order valence-corrected chi connectivity index (χ0v) is 13.7. The summed E-state index contributed by atoms with van der Waals surface area (Å²) < 4.78 is 0. The fourth-order valence-corrected chi connectivity index (χ4v) is 5.99. The molecule has 0 aliphatic heterocycles. The molecule has 0 spiro atoms. The first kappa shape index (κ1) is 13.1. The van der Waals surface area contributed by atoms with Gasteiger partial charge in [0.15, 0.2) is 0 Å². The van der Waals surface area contributed by atoms with Gasteiger partial charge in [0.25, 0.3) is 0 Å². The Bertz CT molecular complexity index is 397. The molecular formula is C16H25ClSi. The van der Waals surface area contributed by atoms with E-state index in [1.165, 1.54) is 38.5 Å². The number of hydrogen-bond donors (Lipinski definition) is 0. The normalized spacial score (nSPS) is 43.8. The number of alkyl halides is 1. The van der Waals surface area contributed by atoms with Crippen molar-refractivity contribution in [2.24, 2.45) is 22.7 Å². The van der Waals surface area contributed by atoms with Gasteiger partial charge in [0.1, 0.15) is 8.07 Å². The Labute approximate surface area is 118 Å². The predicted octanol–water partition coefficient (Wildman–Crippen LogP) is 4.69. The largest absolute Gasteiger partial charge is 0.132 e. The second-order valence-corrected chi connectivity index (χ2v) is 12.8. The average Bonchev–Trinajstić information content (AvgIpc) is 3.11. The van der Waals surface area contributed by atoms with Gasteiger partial charge in [-0.1, -0.05) is 26.1 Å². The molecule has 2 atom stereocenters. The van der Waals surface area contributed by atoms with E-state index in [1.54, 1.807) is 0 Å². The molecule has 3 aliphatic rings. The van der Waals surface area contributed by atoms with Crippen molar-refractivity contribution in [3.05, 3.63) is 0 Å². The second-order valence-electron chi connectivity index (χ2n) is 7.64. The molecule has 2 heteroatoms. The van der Waals surface area contributed by atoms with Gasteiger partial charge < -0.3 is 0 Å². The zero-order chi connectivity index (χ0) is 13.0. The van der Waals surface area contributed by atoms with Crippen LogP contribution in [0.1, 0.15) is 38.5 Å². The molecule has 3 rings (SSSR count). The molecule has 0 nitrogen and oxygen atoms in total. The molecule has 0 heterocycles. The highest BCUT2D eigenvalue weighted by atomic mass is 35.5. The van der Waals surface area contributed by atoms with Crippen molar-refractivity contribution in [3.63, 3.8) is 0 Å². The van der Waals surface area contributed by atoms with Crippen LogP contribution in [-0.4, -0.2) is 14.0 Å². The number of rotatable bonds is 4. The van der Waals surface area contributed by atoms with E-state index in [0.29, 0.717) is 5.41 Å². The fraction of sp³-hybridized carbons (Fsp3) is 0.875. The molecule has 18 heavy (non-hydrogen) atoms. The topological polar surface area (TPSA) is 0 Å². The van der Waals surface area contributed by atoms with Gasteiger partial charge in [-0.3, -0.25) is 0 Å². The first-order valence-corrected chi connectivity index (χ1v) is 11.6. The van der Waals surface area contributed by atoms with Crippen molar-refractivity contribution >= 4 is 19.7 Å². The molecule has 0 N–H and O–H groups in total. The van der Waals surface area contributed by atoms with Gasteiger partial charge in [0.2, 0.25) is 0 Å². The minimum atomic E-state index is -1.18. The average molecular weight is 281 g/mol. The molecule has 100 valence electrons. The second kappa shape index (κ2) is 4.03. The minimum absolute atomic E-state index is 0.684. The van der Waals surface area contributed by atoms with Crippen LogP contribution < -0.4 is 0 Å². The predicted molar refractivity (Wildman–Crippen MR) is 81.4 cm³/mol. The molecule has 3 fully saturated rings. The summed E-state index contributed by atoms with van der Waals surface area (Å²) in [5.74, 6) is 6.48. The third-order valence-electron chi connectivity index (χ3n) is 5.74. The van der Waals surface area contributed by atoms with Crippen LogP contribution in [0, 0.1) is 34.1 Å². The lowest BCUT2D eigenvalue weighted by Gasteiger charge is -2.27. The highest BCUT2D eigenvalue weighted by Gasteiger charge is 2.95. The molecule has 0 aromatic carbocycles. The molecule has 3 aliphatic carbocycles. The van der Waals surface area contributed by atoms with Crippen molar-refractivity contribution in [2.45, 2.75) is 58.2 Å². The van der Waals surface area contributed by atoms with Crippen LogP contribution in [0.25, 0.3) is 0 Å². The molecule has 2 unspecified atom stereocenters. The molecular weight excluding hydrogens is 256 g/mol. The Morgan fingerprint density at radius 2 is 1.83 bits per heavy atom. The maximum absolute atomic E-state index is 5.90. The fourth-order valence-electron chi connectivity index (χ4n) is 5.24. The van der Waals surface area contributed by atoms with Crippen molar-refractivity contribution < 1.29 is 0 Å². The Balaban J connectivity index is 1.68. The maximum Gasteiger partial charge on any atom is 0.129 e. The summed E-state index contributed by atoms with van der Waals surface area (Å²) in [5.41, 5.74) is 4.99. The first-order chi connectivity index (χ1) is 8.49. The van der Waals surface area contributed by atoms with Gasteiger partial charge in [0.05, 0.1) is 0 Å². The van der Waals surface area contributed by atoms with Crippen LogP contribution in [0.4, 0.5) is 0 Å². The Kier molecular flexibility index (Phi) is 2.93. The molecule has 0 aromatic heterocycles. The standard InChI is InChI=1S/C16H25ClSi/c1-18(2,3)12-6-10-16-13-7-4-8-14(16)15(13,16)9-5-11-17/h13-14H,4-5,7-11H2,1-3H3. The van der Waals surface area contributed by atoms with E-state index >= 15 is 0 Å². The van der Waals surface area contributed by atoms with Gasteiger partial charge in [0, 0.05) is 12.3 Å². The molecule has 0 radical (unpaired) electrons. The maximum atomic E-state index is 5.90. The van der Waals surface area contributed by atoms with E-state index in [-0.39, 0.29) is 0 Å². The van der Waals surface area contributed by atoms with Crippen molar-refractivity contribution in [3.8, 4) is 11.5 Å². The highest BCUT2D eigenvalue weighted by Crippen LogP contribution is 2.99. The Morgan fingerprint density at radius 1 is 1.17 bits per heavy atom. The third kappa shape index (κ3) is 1.58. The quantitative estimate of drug-likeness (QED) is 0.398. The molecule has 0 bridgehead atoms. The first-order valence-electron chi connectivity index (χ1n) is 7.55. The van der Waals surface area contributed by atoms with Crippen LogP contribution >= 0.6 is 11.6 Å². The van der Waals surface area contributed by atoms with Crippen molar-refractivity contribution in [1.82, 2.24) is 0 Å². The van der Waals surface area contributed by atoms with Gasteiger partial charge >= 0.3 is 0 Å². The van der Waals surface area contributed by atoms with E-state index in [1.807, 2.05) is 0 Å². The number of fused-ring (bicyclic) bond motifs is 2. The van der Waals surface area contributed by atoms with Crippen molar-refractivity contribution in [2.75, 3.05) is 5.88 Å². The number of halogens is 1. The molecule has 0 aromatic rings. The lowest BCUT2D eigenvalue weighted by molar-refractivity contribution is 0.224. The van der Waals surface area contributed by atoms with E-state index in [0.717, 1.165) is 23.1 Å². The molecule has 3 saturated carbocycles. The summed E-state index contributed by atoms with van der Waals surface area (Å²) in [4.78, 5) is 0. The molecule has 0 amide bonds. The van der Waals surface area contributed by atoms with Crippen molar-refractivity contribution in [1.29, 1.82) is 0 Å². The van der Waals surface area contributed by atoms with Gasteiger partial charge in [-0.25, -0.2) is 0 Å². The van der Waals surface area contributed by atoms with Gasteiger partial charge in [-0.2, -0.15) is 0 Å².